The second-order valence-corrected chi connectivity index (χ2v) is 11.6. The summed E-state index contributed by atoms with van der Waals surface area (Å²) in [6.07, 6.45) is 33.7. The van der Waals surface area contributed by atoms with Crippen LogP contribution in [0.5, 0.6) is 0 Å². The normalized spacial score (nSPS) is 28.3. The van der Waals surface area contributed by atoms with Gasteiger partial charge in [0.25, 0.3) is 0 Å². The molecule has 0 saturated carbocycles. The van der Waals surface area contributed by atoms with E-state index >= 15 is 0 Å². The zero-order valence-electron chi connectivity index (χ0n) is 23.5. The Bertz CT molecular complexity index is 647. The summed E-state index contributed by atoms with van der Waals surface area (Å²) in [5, 5.41) is 23.1. The molecule has 4 unspecified atom stereocenters. The fraction of sp³-hybridized carbons (Fsp3) is 0.758. The van der Waals surface area contributed by atoms with Crippen molar-refractivity contribution in [2.24, 2.45) is 11.8 Å². The van der Waals surface area contributed by atoms with Gasteiger partial charge in [-0.25, -0.2) is 0 Å². The van der Waals surface area contributed by atoms with Crippen LogP contribution in [0.4, 0.5) is 0 Å². The second-order valence-electron chi connectivity index (χ2n) is 11.6. The Kier molecular flexibility index (Phi) is 13.7. The molecule has 200 valence electrons. The lowest BCUT2D eigenvalue weighted by Gasteiger charge is -2.42. The van der Waals surface area contributed by atoms with Crippen LogP contribution >= 0.6 is 0 Å². The minimum Gasteiger partial charge on any atom is -0.385 e. The van der Waals surface area contributed by atoms with Gasteiger partial charge < -0.3 is 10.2 Å². The van der Waals surface area contributed by atoms with Gasteiger partial charge in [-0.15, -0.1) is 0 Å². The standard InChI is InChI=1S/C33H56O2/c1-5-7-9-11-13-15-17-21-28-23-19-25-30(32(28,3)34)27-31-26-20-24-29(33(31,4)35)22-18-16-14-12-10-8-6-2/h19-20,23-26,30-31,34-35H,5-18,21-22,27H2,1-4H3. The lowest BCUT2D eigenvalue weighted by atomic mass is 9.68. The summed E-state index contributed by atoms with van der Waals surface area (Å²) < 4.78 is 0. The molecule has 2 heteroatoms. The first-order valence-electron chi connectivity index (χ1n) is 15.0. The zero-order chi connectivity index (χ0) is 25.6. The third kappa shape index (κ3) is 9.69. The quantitative estimate of drug-likeness (QED) is 0.190. The van der Waals surface area contributed by atoms with Crippen molar-refractivity contribution in [1.82, 2.24) is 0 Å². The van der Waals surface area contributed by atoms with Crippen LogP contribution in [0.15, 0.2) is 47.6 Å². The molecular weight excluding hydrogens is 428 g/mol. The van der Waals surface area contributed by atoms with E-state index in [1.54, 1.807) is 0 Å². The van der Waals surface area contributed by atoms with E-state index in [0.717, 1.165) is 43.3 Å². The molecule has 35 heavy (non-hydrogen) atoms. The van der Waals surface area contributed by atoms with Crippen molar-refractivity contribution in [3.63, 3.8) is 0 Å². The molecule has 0 aromatic rings. The van der Waals surface area contributed by atoms with Crippen LogP contribution in [-0.2, 0) is 0 Å². The maximum atomic E-state index is 11.6. The van der Waals surface area contributed by atoms with E-state index in [0.29, 0.717) is 0 Å². The number of aliphatic hydroxyl groups is 2. The first-order valence-corrected chi connectivity index (χ1v) is 15.0. The van der Waals surface area contributed by atoms with Gasteiger partial charge in [-0.2, -0.15) is 0 Å². The minimum atomic E-state index is -0.833. The highest BCUT2D eigenvalue weighted by Crippen LogP contribution is 2.43. The van der Waals surface area contributed by atoms with Gasteiger partial charge in [0, 0.05) is 11.8 Å². The highest BCUT2D eigenvalue weighted by molar-refractivity contribution is 5.33. The summed E-state index contributed by atoms with van der Waals surface area (Å²) in [5.74, 6) is 0.0668. The first kappa shape index (κ1) is 30.1. The lowest BCUT2D eigenvalue weighted by molar-refractivity contribution is 0.00497. The maximum absolute atomic E-state index is 11.6. The van der Waals surface area contributed by atoms with Gasteiger partial charge in [0.15, 0.2) is 0 Å². The summed E-state index contributed by atoms with van der Waals surface area (Å²) in [6.45, 7) is 8.50. The molecule has 0 amide bonds. The average molecular weight is 485 g/mol. The minimum absolute atomic E-state index is 0.0334. The molecule has 0 aliphatic heterocycles. The van der Waals surface area contributed by atoms with Crippen molar-refractivity contribution in [2.75, 3.05) is 0 Å². The maximum Gasteiger partial charge on any atom is 0.0894 e. The molecule has 2 aliphatic carbocycles. The predicted octanol–water partition coefficient (Wildman–Crippen LogP) is 9.38. The van der Waals surface area contributed by atoms with Crippen LogP contribution in [0.2, 0.25) is 0 Å². The van der Waals surface area contributed by atoms with E-state index in [2.05, 4.69) is 50.3 Å². The van der Waals surface area contributed by atoms with Gasteiger partial charge in [-0.1, -0.05) is 127 Å². The molecule has 0 heterocycles. The lowest BCUT2D eigenvalue weighted by Crippen LogP contribution is -2.43. The van der Waals surface area contributed by atoms with Gasteiger partial charge in [0.1, 0.15) is 0 Å². The van der Waals surface area contributed by atoms with Crippen molar-refractivity contribution in [2.45, 2.75) is 148 Å². The molecule has 0 spiro atoms. The Balaban J connectivity index is 1.83. The number of unbranched alkanes of at least 4 members (excludes halogenated alkanes) is 12. The van der Waals surface area contributed by atoms with Crippen molar-refractivity contribution >= 4 is 0 Å². The fourth-order valence-corrected chi connectivity index (χ4v) is 5.91. The van der Waals surface area contributed by atoms with Crippen LogP contribution in [0.3, 0.4) is 0 Å². The van der Waals surface area contributed by atoms with Crippen LogP contribution < -0.4 is 0 Å². The third-order valence-electron chi connectivity index (χ3n) is 8.63. The molecule has 2 aliphatic rings. The molecule has 4 atom stereocenters. The molecule has 0 aromatic heterocycles. The van der Waals surface area contributed by atoms with Crippen molar-refractivity contribution in [3.8, 4) is 0 Å². The molecule has 0 fully saturated rings. The molecule has 0 saturated heterocycles. The molecular formula is C33H56O2. The van der Waals surface area contributed by atoms with Gasteiger partial charge >= 0.3 is 0 Å². The number of hydrogen-bond donors (Lipinski definition) is 2. The molecule has 0 radical (unpaired) electrons. The smallest absolute Gasteiger partial charge is 0.0894 e. The average Bonchev–Trinajstić information content (AvgIpc) is 2.82. The monoisotopic (exact) mass is 484 g/mol. The largest absolute Gasteiger partial charge is 0.385 e. The molecule has 0 aromatic carbocycles. The van der Waals surface area contributed by atoms with Crippen LogP contribution in [0, 0.1) is 11.8 Å². The topological polar surface area (TPSA) is 40.5 Å². The zero-order valence-corrected chi connectivity index (χ0v) is 23.5. The van der Waals surface area contributed by atoms with E-state index in [-0.39, 0.29) is 11.8 Å². The number of allylic oxidation sites excluding steroid dienone is 4. The Labute approximate surface area is 217 Å². The second kappa shape index (κ2) is 15.9. The van der Waals surface area contributed by atoms with E-state index in [1.165, 1.54) is 77.0 Å². The summed E-state index contributed by atoms with van der Waals surface area (Å²) in [6, 6.07) is 0. The predicted molar refractivity (Wildman–Crippen MR) is 153 cm³/mol. The van der Waals surface area contributed by atoms with E-state index in [4.69, 9.17) is 0 Å². The Hall–Kier alpha value is -1.12. The Morgan fingerprint density at radius 3 is 1.29 bits per heavy atom. The summed E-state index contributed by atoms with van der Waals surface area (Å²) in [4.78, 5) is 0. The van der Waals surface area contributed by atoms with Crippen molar-refractivity contribution in [3.05, 3.63) is 47.6 Å². The van der Waals surface area contributed by atoms with Gasteiger partial charge in [0.2, 0.25) is 0 Å². The van der Waals surface area contributed by atoms with Crippen LogP contribution in [0.25, 0.3) is 0 Å². The van der Waals surface area contributed by atoms with Crippen molar-refractivity contribution < 1.29 is 10.2 Å². The van der Waals surface area contributed by atoms with E-state index in [1.807, 2.05) is 13.8 Å². The first-order chi connectivity index (χ1) is 16.8. The SMILES string of the molecule is CCCCCCCCCC1=CC=CC(CC2C=CC=C(CCCCCCCCC)C2(C)O)C1(C)O. The van der Waals surface area contributed by atoms with E-state index < -0.39 is 11.2 Å². The van der Waals surface area contributed by atoms with Crippen LogP contribution in [0.1, 0.15) is 137 Å². The van der Waals surface area contributed by atoms with Crippen LogP contribution in [-0.4, -0.2) is 21.4 Å². The molecule has 2 rings (SSSR count). The van der Waals surface area contributed by atoms with E-state index in [9.17, 15) is 10.2 Å². The third-order valence-corrected chi connectivity index (χ3v) is 8.63. The molecule has 2 nitrogen and oxygen atoms in total. The summed E-state index contributed by atoms with van der Waals surface area (Å²) >= 11 is 0. The van der Waals surface area contributed by atoms with Gasteiger partial charge in [0.05, 0.1) is 11.2 Å². The summed E-state index contributed by atoms with van der Waals surface area (Å²) in [7, 11) is 0. The van der Waals surface area contributed by atoms with Crippen molar-refractivity contribution in [1.29, 1.82) is 0 Å². The molecule has 2 N–H and O–H groups in total. The summed E-state index contributed by atoms with van der Waals surface area (Å²) in [5.41, 5.74) is 0.662. The van der Waals surface area contributed by atoms with Gasteiger partial charge in [-0.3, -0.25) is 0 Å². The highest BCUT2D eigenvalue weighted by Gasteiger charge is 2.41. The fourth-order valence-electron chi connectivity index (χ4n) is 5.91. The van der Waals surface area contributed by atoms with Gasteiger partial charge in [-0.05, 0) is 57.1 Å². The Morgan fingerprint density at radius 1 is 0.571 bits per heavy atom. The number of hydrogen-bond acceptors (Lipinski definition) is 2. The highest BCUT2D eigenvalue weighted by atomic mass is 16.3. The number of rotatable bonds is 18. The Morgan fingerprint density at radius 2 is 0.914 bits per heavy atom. The molecule has 0 bridgehead atoms.